The fourth-order valence-corrected chi connectivity index (χ4v) is 10.6. The second kappa shape index (κ2) is 69.6. The van der Waals surface area contributed by atoms with Crippen LogP contribution >= 0.6 is 0 Å². The number of carbonyl (C=O) groups is 3. The normalized spacial score (nSPS) is 12.4. The highest BCUT2D eigenvalue weighted by atomic mass is 16.6. The molecule has 0 radical (unpaired) electrons. The number of allylic oxidation sites excluding steroid dienone is 10. The number of ether oxygens (including phenoxy) is 3. The van der Waals surface area contributed by atoms with E-state index in [0.717, 1.165) is 77.0 Å². The van der Waals surface area contributed by atoms with Crippen molar-refractivity contribution in [1.29, 1.82) is 0 Å². The lowest BCUT2D eigenvalue weighted by Gasteiger charge is -2.18. The van der Waals surface area contributed by atoms with Crippen molar-refractivity contribution >= 4 is 17.9 Å². The Morgan fingerprint density at radius 1 is 0.247 bits per heavy atom. The van der Waals surface area contributed by atoms with Crippen molar-refractivity contribution in [2.75, 3.05) is 13.2 Å². The molecule has 1 unspecified atom stereocenters. The third kappa shape index (κ3) is 67.8. The molecular formula is C75H136O6. The molecule has 0 aliphatic carbocycles. The summed E-state index contributed by atoms with van der Waals surface area (Å²) in [4.78, 5) is 38.3. The van der Waals surface area contributed by atoms with Crippen LogP contribution in [0.5, 0.6) is 0 Å². The van der Waals surface area contributed by atoms with E-state index in [9.17, 15) is 14.4 Å². The fourth-order valence-electron chi connectivity index (χ4n) is 10.6. The van der Waals surface area contributed by atoms with E-state index in [0.29, 0.717) is 19.3 Å². The summed E-state index contributed by atoms with van der Waals surface area (Å²) in [5, 5.41) is 0. The second-order valence-corrected chi connectivity index (χ2v) is 24.1. The standard InChI is InChI=1S/C75H136O6/c1-4-7-10-13-16-19-21-23-25-27-29-31-33-35-36-37-38-40-41-43-45-47-49-51-53-56-59-62-65-68-74(77)80-71-72(70-79-73(76)67-64-61-58-55-18-15-12-9-6-3)81-75(78)69-66-63-60-57-54-52-50-48-46-44-42-39-34-32-30-28-26-24-22-20-17-14-11-8-5-2/h21-24,27-30,33,35,72H,4-20,25-26,31-32,34,36-71H2,1-3H3/b23-21-,24-22-,29-27-,30-28-,35-33-. The first-order chi connectivity index (χ1) is 40.0. The Balaban J connectivity index is 4.12. The third-order valence-corrected chi connectivity index (χ3v) is 16.0. The molecule has 0 aliphatic heterocycles. The van der Waals surface area contributed by atoms with E-state index >= 15 is 0 Å². The van der Waals surface area contributed by atoms with E-state index in [1.807, 2.05) is 0 Å². The average Bonchev–Trinajstić information content (AvgIpc) is 3.47. The molecule has 6 nitrogen and oxygen atoms in total. The van der Waals surface area contributed by atoms with E-state index in [1.54, 1.807) is 0 Å². The van der Waals surface area contributed by atoms with E-state index in [2.05, 4.69) is 81.5 Å². The molecule has 81 heavy (non-hydrogen) atoms. The quantitative estimate of drug-likeness (QED) is 0.0261. The van der Waals surface area contributed by atoms with Gasteiger partial charge in [0.15, 0.2) is 6.10 Å². The highest BCUT2D eigenvalue weighted by Crippen LogP contribution is 2.18. The van der Waals surface area contributed by atoms with Crippen LogP contribution in [0.2, 0.25) is 0 Å². The van der Waals surface area contributed by atoms with Gasteiger partial charge in [-0.2, -0.15) is 0 Å². The molecule has 6 heteroatoms. The molecule has 0 saturated heterocycles. The van der Waals surface area contributed by atoms with Gasteiger partial charge in [0.05, 0.1) is 0 Å². The van der Waals surface area contributed by atoms with Crippen molar-refractivity contribution < 1.29 is 28.6 Å². The smallest absolute Gasteiger partial charge is 0.306 e. The van der Waals surface area contributed by atoms with Crippen LogP contribution in [0, 0.1) is 0 Å². The van der Waals surface area contributed by atoms with Crippen LogP contribution in [0.25, 0.3) is 0 Å². The molecule has 472 valence electrons. The van der Waals surface area contributed by atoms with Crippen molar-refractivity contribution in [2.45, 2.75) is 386 Å². The van der Waals surface area contributed by atoms with Crippen LogP contribution in [0.15, 0.2) is 60.8 Å². The van der Waals surface area contributed by atoms with Crippen molar-refractivity contribution in [1.82, 2.24) is 0 Å². The van der Waals surface area contributed by atoms with Crippen LogP contribution in [0.1, 0.15) is 380 Å². The van der Waals surface area contributed by atoms with Crippen LogP contribution < -0.4 is 0 Å². The minimum absolute atomic E-state index is 0.0701. The van der Waals surface area contributed by atoms with Gasteiger partial charge in [0.2, 0.25) is 0 Å². The van der Waals surface area contributed by atoms with Gasteiger partial charge in [-0.1, -0.05) is 332 Å². The zero-order valence-corrected chi connectivity index (χ0v) is 54.3. The molecule has 0 saturated carbocycles. The molecule has 0 bridgehead atoms. The Morgan fingerprint density at radius 3 is 0.691 bits per heavy atom. The van der Waals surface area contributed by atoms with Crippen LogP contribution in [-0.4, -0.2) is 37.2 Å². The lowest BCUT2D eigenvalue weighted by atomic mass is 10.0. The number of hydrogen-bond donors (Lipinski definition) is 0. The van der Waals surface area contributed by atoms with Gasteiger partial charge < -0.3 is 14.2 Å². The molecule has 1 atom stereocenters. The summed E-state index contributed by atoms with van der Waals surface area (Å²) in [6.07, 6.45) is 89.8. The van der Waals surface area contributed by atoms with E-state index in [4.69, 9.17) is 14.2 Å². The SMILES string of the molecule is CCCCCCC/C=C\C/C=C\C/C=C\CCCCCCCCCCCCCCCCC(=O)OCC(COC(=O)CCCCCCCCCCC)OC(=O)CCCCCCCCCCCCCCC/C=C\C/C=C\CCCCCCC. The molecule has 0 aliphatic rings. The Labute approximate surface area is 504 Å². The zero-order valence-electron chi connectivity index (χ0n) is 54.3. The molecule has 0 aromatic heterocycles. The molecule has 0 rings (SSSR count). The first-order valence-corrected chi connectivity index (χ1v) is 35.8. The topological polar surface area (TPSA) is 78.9 Å². The molecule has 0 N–H and O–H groups in total. The summed E-state index contributed by atoms with van der Waals surface area (Å²) >= 11 is 0. The summed E-state index contributed by atoms with van der Waals surface area (Å²) < 4.78 is 16.9. The number of rotatable bonds is 66. The first kappa shape index (κ1) is 78.1. The summed E-state index contributed by atoms with van der Waals surface area (Å²) in [5.74, 6) is -0.852. The highest BCUT2D eigenvalue weighted by Gasteiger charge is 2.19. The minimum atomic E-state index is -0.772. The van der Waals surface area contributed by atoms with E-state index in [1.165, 1.54) is 263 Å². The third-order valence-electron chi connectivity index (χ3n) is 16.0. The largest absolute Gasteiger partial charge is 0.462 e. The molecule has 0 amide bonds. The van der Waals surface area contributed by atoms with Crippen LogP contribution in [0.4, 0.5) is 0 Å². The summed E-state index contributed by atoms with van der Waals surface area (Å²) in [6.45, 7) is 6.65. The van der Waals surface area contributed by atoms with Crippen molar-refractivity contribution in [3.05, 3.63) is 60.8 Å². The van der Waals surface area contributed by atoms with Crippen LogP contribution in [0.3, 0.4) is 0 Å². The number of unbranched alkanes of at least 4 members (excludes halogenated alkanes) is 45. The highest BCUT2D eigenvalue weighted by molar-refractivity contribution is 5.71. The first-order valence-electron chi connectivity index (χ1n) is 35.8. The predicted octanol–water partition coefficient (Wildman–Crippen LogP) is 24.7. The van der Waals surface area contributed by atoms with E-state index < -0.39 is 6.10 Å². The van der Waals surface area contributed by atoms with Crippen molar-refractivity contribution in [2.24, 2.45) is 0 Å². The maximum atomic E-state index is 12.9. The maximum Gasteiger partial charge on any atom is 0.306 e. The molecule has 0 spiro atoms. The van der Waals surface area contributed by atoms with Gasteiger partial charge in [-0.05, 0) is 89.9 Å². The minimum Gasteiger partial charge on any atom is -0.462 e. The molecular weight excluding hydrogens is 997 g/mol. The van der Waals surface area contributed by atoms with Gasteiger partial charge in [0.25, 0.3) is 0 Å². The molecule has 0 aromatic carbocycles. The van der Waals surface area contributed by atoms with Gasteiger partial charge in [0, 0.05) is 19.3 Å². The zero-order chi connectivity index (χ0) is 58.5. The van der Waals surface area contributed by atoms with Gasteiger partial charge in [-0.15, -0.1) is 0 Å². The van der Waals surface area contributed by atoms with Gasteiger partial charge in [-0.25, -0.2) is 0 Å². The Bertz CT molecular complexity index is 1440. The fraction of sp³-hybridized carbons (Fsp3) is 0.827. The van der Waals surface area contributed by atoms with Gasteiger partial charge >= 0.3 is 17.9 Å². The summed E-state index contributed by atoms with van der Waals surface area (Å²) in [5.41, 5.74) is 0. The Kier molecular flexibility index (Phi) is 67.1. The molecule has 0 heterocycles. The van der Waals surface area contributed by atoms with Crippen molar-refractivity contribution in [3.8, 4) is 0 Å². The van der Waals surface area contributed by atoms with Gasteiger partial charge in [-0.3, -0.25) is 14.4 Å². The number of hydrogen-bond acceptors (Lipinski definition) is 6. The average molecular weight is 1130 g/mol. The molecule has 0 aromatic rings. The summed E-state index contributed by atoms with van der Waals surface area (Å²) in [6, 6.07) is 0. The lowest BCUT2D eigenvalue weighted by Crippen LogP contribution is -2.30. The second-order valence-electron chi connectivity index (χ2n) is 24.1. The van der Waals surface area contributed by atoms with Gasteiger partial charge in [0.1, 0.15) is 13.2 Å². The van der Waals surface area contributed by atoms with Crippen LogP contribution in [-0.2, 0) is 28.6 Å². The predicted molar refractivity (Wildman–Crippen MR) is 353 cm³/mol. The molecule has 0 fully saturated rings. The Morgan fingerprint density at radius 2 is 0.444 bits per heavy atom. The number of esters is 3. The maximum absolute atomic E-state index is 12.9. The van der Waals surface area contributed by atoms with Crippen molar-refractivity contribution in [3.63, 3.8) is 0 Å². The summed E-state index contributed by atoms with van der Waals surface area (Å²) in [7, 11) is 0. The number of carbonyl (C=O) groups excluding carboxylic acids is 3. The lowest BCUT2D eigenvalue weighted by molar-refractivity contribution is -0.167. The Hall–Kier alpha value is -2.89. The van der Waals surface area contributed by atoms with E-state index in [-0.39, 0.29) is 31.1 Å². The monoisotopic (exact) mass is 1130 g/mol.